The Hall–Kier alpha value is -2.64. The smallest absolute Gasteiger partial charge is 0.373 e. The SMILES string of the molecule is C[C@@](O)(C(=O)N1C2CC2C(NS(C)(=O)=O)C1Cc1cccc(-c2cc(F)cc(F)c2)c1F)C(F)(F)F. The van der Waals surface area contributed by atoms with Crippen LogP contribution in [0.3, 0.4) is 0 Å². The molecule has 4 rings (SSSR count). The van der Waals surface area contributed by atoms with Crippen molar-refractivity contribution in [3.63, 3.8) is 0 Å². The van der Waals surface area contributed by atoms with Crippen molar-refractivity contribution in [2.24, 2.45) is 5.92 Å². The van der Waals surface area contributed by atoms with E-state index in [1.165, 1.54) is 18.2 Å². The highest BCUT2D eigenvalue weighted by Gasteiger charge is 2.66. The molecular weight excluding hydrogens is 514 g/mol. The number of amides is 1. The minimum Gasteiger partial charge on any atom is -0.373 e. The van der Waals surface area contributed by atoms with Crippen LogP contribution < -0.4 is 4.72 Å². The third-order valence-electron chi connectivity index (χ3n) is 6.63. The molecule has 2 N–H and O–H groups in total. The molecule has 1 amide bonds. The molecule has 6 nitrogen and oxygen atoms in total. The Bertz CT molecular complexity index is 1290. The average molecular weight is 536 g/mol. The highest BCUT2D eigenvalue weighted by molar-refractivity contribution is 7.88. The van der Waals surface area contributed by atoms with Gasteiger partial charge in [-0.15, -0.1) is 0 Å². The summed E-state index contributed by atoms with van der Waals surface area (Å²) in [6.07, 6.45) is -4.68. The van der Waals surface area contributed by atoms with Gasteiger partial charge >= 0.3 is 6.18 Å². The maximum Gasteiger partial charge on any atom is 0.426 e. The normalized spacial score (nSPS) is 25.4. The highest BCUT2D eigenvalue weighted by atomic mass is 32.2. The molecule has 1 saturated heterocycles. The number of fused-ring (bicyclic) bond motifs is 1. The number of rotatable bonds is 6. The zero-order valence-electron chi connectivity index (χ0n) is 19.0. The lowest BCUT2D eigenvalue weighted by Gasteiger charge is -2.37. The lowest BCUT2D eigenvalue weighted by atomic mass is 9.93. The van der Waals surface area contributed by atoms with Crippen molar-refractivity contribution in [3.8, 4) is 11.1 Å². The van der Waals surface area contributed by atoms with Crippen LogP contribution in [0, 0.1) is 23.4 Å². The van der Waals surface area contributed by atoms with Gasteiger partial charge in [-0.1, -0.05) is 18.2 Å². The van der Waals surface area contributed by atoms with Gasteiger partial charge in [0.05, 0.1) is 12.3 Å². The van der Waals surface area contributed by atoms with Crippen LogP contribution in [0.5, 0.6) is 0 Å². The predicted molar refractivity (Wildman–Crippen MR) is 116 cm³/mol. The van der Waals surface area contributed by atoms with Gasteiger partial charge in [0.15, 0.2) is 0 Å². The van der Waals surface area contributed by atoms with E-state index in [0.29, 0.717) is 13.0 Å². The Kier molecular flexibility index (Phi) is 6.41. The fourth-order valence-electron chi connectivity index (χ4n) is 4.82. The molecule has 0 spiro atoms. The molecular formula is C23H22F6N2O4S. The van der Waals surface area contributed by atoms with Crippen LogP contribution >= 0.6 is 0 Å². The first-order chi connectivity index (χ1) is 16.5. The van der Waals surface area contributed by atoms with Gasteiger partial charge in [0.1, 0.15) is 17.5 Å². The fourth-order valence-corrected chi connectivity index (χ4v) is 5.64. The van der Waals surface area contributed by atoms with Crippen LogP contribution in [0.1, 0.15) is 18.9 Å². The summed E-state index contributed by atoms with van der Waals surface area (Å²) in [5, 5.41) is 10.0. The summed E-state index contributed by atoms with van der Waals surface area (Å²) in [5.74, 6) is -5.03. The number of likely N-dealkylation sites (tertiary alicyclic amines) is 1. The van der Waals surface area contributed by atoms with Crippen LogP contribution in [0.25, 0.3) is 11.1 Å². The second kappa shape index (κ2) is 8.73. The number of carbonyl (C=O) groups is 1. The third-order valence-corrected chi connectivity index (χ3v) is 7.33. The zero-order chi connectivity index (χ0) is 26.8. The summed E-state index contributed by atoms with van der Waals surface area (Å²) in [7, 11) is -3.87. The van der Waals surface area contributed by atoms with Gasteiger partial charge in [0.2, 0.25) is 15.6 Å². The average Bonchev–Trinajstić information content (AvgIpc) is 3.45. The Morgan fingerprint density at radius 3 is 2.31 bits per heavy atom. The van der Waals surface area contributed by atoms with E-state index in [1.54, 1.807) is 0 Å². The number of aliphatic hydroxyl groups is 1. The van der Waals surface area contributed by atoms with E-state index in [-0.39, 0.29) is 23.1 Å². The van der Waals surface area contributed by atoms with Gasteiger partial charge in [-0.2, -0.15) is 13.2 Å². The van der Waals surface area contributed by atoms with Gasteiger partial charge in [-0.05, 0) is 48.9 Å². The predicted octanol–water partition coefficient (Wildman–Crippen LogP) is 3.14. The molecule has 196 valence electrons. The molecule has 5 atom stereocenters. The number of nitrogens with zero attached hydrogens (tertiary/aromatic N) is 1. The molecule has 2 aromatic rings. The first kappa shape index (κ1) is 26.4. The van der Waals surface area contributed by atoms with E-state index >= 15 is 4.39 Å². The van der Waals surface area contributed by atoms with Crippen molar-refractivity contribution >= 4 is 15.9 Å². The molecule has 1 aliphatic heterocycles. The number of alkyl halides is 3. The number of sulfonamides is 1. The third kappa shape index (κ3) is 4.83. The lowest BCUT2D eigenvalue weighted by molar-refractivity contribution is -0.251. The Morgan fingerprint density at radius 2 is 1.75 bits per heavy atom. The Balaban J connectivity index is 1.74. The fraction of sp³-hybridized carbons (Fsp3) is 0.435. The standard InChI is InChI=1S/C23H22F6N2O4S/c1-22(33,23(27,28)29)21(32)31-17-10-16(17)20(30-36(2,34)35)18(31)8-11-4-3-5-15(19(11)26)12-6-13(24)9-14(25)7-12/h3-7,9,16-18,20,30,33H,8,10H2,1-2H3/t16?,17?,18?,20?,22-/m1/s1. The molecule has 2 aromatic carbocycles. The summed E-state index contributed by atoms with van der Waals surface area (Å²) in [6.45, 7) is 0.306. The van der Waals surface area contributed by atoms with E-state index in [4.69, 9.17) is 0 Å². The van der Waals surface area contributed by atoms with Crippen LogP contribution in [0.4, 0.5) is 26.3 Å². The summed E-state index contributed by atoms with van der Waals surface area (Å²) in [6, 6.07) is 3.23. The Morgan fingerprint density at radius 1 is 1.14 bits per heavy atom. The summed E-state index contributed by atoms with van der Waals surface area (Å²) < 4.78 is 109. The van der Waals surface area contributed by atoms with Crippen LogP contribution in [0.15, 0.2) is 36.4 Å². The Labute approximate surface area is 203 Å². The second-order valence-electron chi connectivity index (χ2n) is 9.37. The highest BCUT2D eigenvalue weighted by Crippen LogP contribution is 2.51. The summed E-state index contributed by atoms with van der Waals surface area (Å²) in [5.41, 5.74) is -4.19. The van der Waals surface area contributed by atoms with E-state index in [1.807, 2.05) is 0 Å². The van der Waals surface area contributed by atoms with Crippen molar-refractivity contribution in [1.82, 2.24) is 9.62 Å². The molecule has 13 heteroatoms. The second-order valence-corrected chi connectivity index (χ2v) is 11.2. The summed E-state index contributed by atoms with van der Waals surface area (Å²) >= 11 is 0. The molecule has 0 bridgehead atoms. The molecule has 4 unspecified atom stereocenters. The van der Waals surface area contributed by atoms with Crippen LogP contribution in [0.2, 0.25) is 0 Å². The first-order valence-corrected chi connectivity index (χ1v) is 12.7. The number of hydrogen-bond acceptors (Lipinski definition) is 4. The molecule has 0 aromatic heterocycles. The number of hydrogen-bond donors (Lipinski definition) is 2. The topological polar surface area (TPSA) is 86.7 Å². The van der Waals surface area contributed by atoms with Crippen molar-refractivity contribution < 1.29 is 44.7 Å². The molecule has 1 aliphatic carbocycles. The van der Waals surface area contributed by atoms with Crippen molar-refractivity contribution in [2.75, 3.05) is 6.26 Å². The maximum absolute atomic E-state index is 15.5. The van der Waals surface area contributed by atoms with Gasteiger partial charge in [-0.25, -0.2) is 26.3 Å². The largest absolute Gasteiger partial charge is 0.426 e. The minimum atomic E-state index is -5.31. The molecule has 2 aliphatic rings. The molecule has 1 heterocycles. The number of carbonyl (C=O) groups excluding carboxylic acids is 1. The quantitative estimate of drug-likeness (QED) is 0.556. The zero-order valence-corrected chi connectivity index (χ0v) is 19.8. The van der Waals surface area contributed by atoms with Crippen molar-refractivity contribution in [1.29, 1.82) is 0 Å². The van der Waals surface area contributed by atoms with Gasteiger partial charge in [-0.3, -0.25) is 4.79 Å². The number of nitrogens with one attached hydrogen (secondary N) is 1. The molecule has 0 radical (unpaired) electrons. The lowest BCUT2D eigenvalue weighted by Crippen LogP contribution is -2.60. The van der Waals surface area contributed by atoms with Gasteiger partial charge in [0, 0.05) is 23.7 Å². The van der Waals surface area contributed by atoms with Gasteiger partial charge in [0.25, 0.3) is 5.91 Å². The molecule has 2 fully saturated rings. The van der Waals surface area contributed by atoms with Crippen molar-refractivity contribution in [2.45, 2.75) is 49.7 Å². The monoisotopic (exact) mass is 536 g/mol. The maximum atomic E-state index is 15.5. The summed E-state index contributed by atoms with van der Waals surface area (Å²) in [4.78, 5) is 13.7. The van der Waals surface area contributed by atoms with E-state index in [0.717, 1.165) is 23.3 Å². The van der Waals surface area contributed by atoms with E-state index in [9.17, 15) is 40.3 Å². The van der Waals surface area contributed by atoms with Crippen molar-refractivity contribution in [3.05, 3.63) is 59.4 Å². The minimum absolute atomic E-state index is 0.117. The van der Waals surface area contributed by atoms with Crippen LogP contribution in [-0.2, 0) is 21.2 Å². The van der Waals surface area contributed by atoms with E-state index < -0.39 is 75.6 Å². The van der Waals surface area contributed by atoms with E-state index in [2.05, 4.69) is 4.72 Å². The number of piperidine rings is 1. The molecule has 1 saturated carbocycles. The first-order valence-electron chi connectivity index (χ1n) is 10.8. The van der Waals surface area contributed by atoms with Gasteiger partial charge < -0.3 is 10.0 Å². The molecule has 36 heavy (non-hydrogen) atoms. The number of halogens is 6. The van der Waals surface area contributed by atoms with Crippen LogP contribution in [-0.4, -0.2) is 60.5 Å². The number of benzene rings is 2.